The summed E-state index contributed by atoms with van der Waals surface area (Å²) in [5.74, 6) is -4.88. The van der Waals surface area contributed by atoms with E-state index in [4.69, 9.17) is 15.9 Å². The number of carbonyl (C=O) groups excluding carboxylic acids is 3. The van der Waals surface area contributed by atoms with Crippen LogP contribution in [0.3, 0.4) is 0 Å². The SMILES string of the molecule is CSCCC(N)C(=O)NC(CC(=O)O)C(=O)NC(CO)C(=O)NCC(=O)O. The number of aliphatic hydroxyl groups is 1. The first kappa shape index (κ1) is 24.6. The lowest BCUT2D eigenvalue weighted by molar-refractivity contribution is -0.141. The van der Waals surface area contributed by atoms with Crippen LogP contribution in [0.5, 0.6) is 0 Å². The van der Waals surface area contributed by atoms with E-state index in [-0.39, 0.29) is 0 Å². The molecule has 154 valence electrons. The number of thioether (sulfide) groups is 1. The summed E-state index contributed by atoms with van der Waals surface area (Å²) in [5, 5.41) is 32.8. The molecule has 0 aromatic heterocycles. The Morgan fingerprint density at radius 2 is 1.56 bits per heavy atom. The van der Waals surface area contributed by atoms with Crippen LogP contribution in [0.15, 0.2) is 0 Å². The van der Waals surface area contributed by atoms with Gasteiger partial charge in [-0.2, -0.15) is 11.8 Å². The van der Waals surface area contributed by atoms with Crippen LogP contribution < -0.4 is 21.7 Å². The van der Waals surface area contributed by atoms with Gasteiger partial charge in [0.05, 0.1) is 19.1 Å². The second-order valence-corrected chi connectivity index (χ2v) is 6.39. The first-order valence-corrected chi connectivity index (χ1v) is 9.19. The number of rotatable bonds is 13. The summed E-state index contributed by atoms with van der Waals surface area (Å²) in [6, 6.07) is -4.00. The quantitative estimate of drug-likeness (QED) is 0.161. The molecule has 13 heteroatoms. The fraction of sp³-hybridized carbons (Fsp3) is 0.643. The lowest BCUT2D eigenvalue weighted by Gasteiger charge is -2.22. The number of hydrogen-bond donors (Lipinski definition) is 7. The molecule has 0 fully saturated rings. The molecule has 0 spiro atoms. The van der Waals surface area contributed by atoms with E-state index in [9.17, 15) is 29.1 Å². The van der Waals surface area contributed by atoms with Crippen LogP contribution in [0.4, 0.5) is 0 Å². The largest absolute Gasteiger partial charge is 0.481 e. The van der Waals surface area contributed by atoms with Gasteiger partial charge in [0, 0.05) is 0 Å². The van der Waals surface area contributed by atoms with Crippen LogP contribution in [0.2, 0.25) is 0 Å². The highest BCUT2D eigenvalue weighted by Gasteiger charge is 2.29. The van der Waals surface area contributed by atoms with Gasteiger partial charge in [-0.25, -0.2) is 0 Å². The van der Waals surface area contributed by atoms with Crippen molar-refractivity contribution in [3.63, 3.8) is 0 Å². The van der Waals surface area contributed by atoms with Gasteiger partial charge in [-0.05, 0) is 18.4 Å². The van der Waals surface area contributed by atoms with Crippen molar-refractivity contribution in [1.82, 2.24) is 16.0 Å². The zero-order valence-electron chi connectivity index (χ0n) is 14.6. The average Bonchev–Trinajstić information content (AvgIpc) is 2.60. The van der Waals surface area contributed by atoms with Crippen LogP contribution in [-0.2, 0) is 24.0 Å². The number of amides is 3. The summed E-state index contributed by atoms with van der Waals surface area (Å²) < 4.78 is 0. The van der Waals surface area contributed by atoms with E-state index in [0.29, 0.717) is 12.2 Å². The zero-order chi connectivity index (χ0) is 21.0. The monoisotopic (exact) mass is 408 g/mol. The lowest BCUT2D eigenvalue weighted by Crippen LogP contribution is -2.57. The van der Waals surface area contributed by atoms with Gasteiger partial charge in [0.15, 0.2) is 0 Å². The summed E-state index contributed by atoms with van der Waals surface area (Å²) in [7, 11) is 0. The van der Waals surface area contributed by atoms with Crippen LogP contribution in [-0.4, -0.2) is 88.3 Å². The standard InChI is InChI=1S/C14H24N4O8S/c1-27-3-2-7(15)12(24)17-8(4-10(20)21)14(26)18-9(6-19)13(25)16-5-11(22)23/h7-9,19H,2-6,15H2,1H3,(H,16,25)(H,17,24)(H,18,26)(H,20,21)(H,22,23). The number of nitrogens with one attached hydrogen (secondary N) is 3. The van der Waals surface area contributed by atoms with E-state index >= 15 is 0 Å². The number of aliphatic carboxylic acids is 2. The molecule has 12 nitrogen and oxygen atoms in total. The Morgan fingerprint density at radius 3 is 2.04 bits per heavy atom. The maximum Gasteiger partial charge on any atom is 0.322 e. The minimum Gasteiger partial charge on any atom is -0.481 e. The third kappa shape index (κ3) is 10.4. The predicted molar refractivity (Wildman–Crippen MR) is 94.8 cm³/mol. The molecule has 0 radical (unpaired) electrons. The average molecular weight is 408 g/mol. The first-order chi connectivity index (χ1) is 12.6. The number of carboxylic acids is 2. The molecule has 0 aliphatic carbocycles. The highest BCUT2D eigenvalue weighted by Crippen LogP contribution is 2.01. The molecule has 27 heavy (non-hydrogen) atoms. The number of carboxylic acid groups (broad SMARTS) is 2. The molecule has 3 unspecified atom stereocenters. The van der Waals surface area contributed by atoms with Gasteiger partial charge < -0.3 is 37.0 Å². The van der Waals surface area contributed by atoms with E-state index in [1.165, 1.54) is 11.8 Å². The van der Waals surface area contributed by atoms with Crippen LogP contribution in [0.1, 0.15) is 12.8 Å². The van der Waals surface area contributed by atoms with Crippen molar-refractivity contribution in [2.75, 3.05) is 25.2 Å². The molecule has 0 aromatic rings. The second kappa shape index (κ2) is 12.9. The second-order valence-electron chi connectivity index (χ2n) is 5.40. The van der Waals surface area contributed by atoms with E-state index in [1.807, 2.05) is 11.6 Å². The Bertz CT molecular complexity index is 559. The Kier molecular flexibility index (Phi) is 11.8. The summed E-state index contributed by atoms with van der Waals surface area (Å²) in [6.45, 7) is -1.59. The lowest BCUT2D eigenvalue weighted by atomic mass is 10.1. The number of carbonyl (C=O) groups is 5. The van der Waals surface area contributed by atoms with Crippen molar-refractivity contribution in [1.29, 1.82) is 0 Å². The fourth-order valence-electron chi connectivity index (χ4n) is 1.79. The van der Waals surface area contributed by atoms with Gasteiger partial charge in [-0.15, -0.1) is 0 Å². The summed E-state index contributed by atoms with van der Waals surface area (Å²) in [5.41, 5.74) is 5.66. The van der Waals surface area contributed by atoms with Gasteiger partial charge in [0.1, 0.15) is 18.6 Å². The number of aliphatic hydroxyl groups excluding tert-OH is 1. The van der Waals surface area contributed by atoms with E-state index in [0.717, 1.165) is 0 Å². The Labute approximate surface area is 159 Å². The van der Waals surface area contributed by atoms with E-state index in [1.54, 1.807) is 0 Å². The van der Waals surface area contributed by atoms with Gasteiger partial charge >= 0.3 is 11.9 Å². The third-order valence-electron chi connectivity index (χ3n) is 3.21. The molecular weight excluding hydrogens is 384 g/mol. The smallest absolute Gasteiger partial charge is 0.322 e. The molecule has 0 aromatic carbocycles. The number of nitrogens with two attached hydrogens (primary N) is 1. The minimum absolute atomic E-state index is 0.311. The van der Waals surface area contributed by atoms with Crippen molar-refractivity contribution in [2.45, 2.75) is 31.0 Å². The summed E-state index contributed by atoms with van der Waals surface area (Å²) in [4.78, 5) is 57.3. The maximum absolute atomic E-state index is 12.2. The van der Waals surface area contributed by atoms with E-state index in [2.05, 4.69) is 10.6 Å². The van der Waals surface area contributed by atoms with Crippen LogP contribution in [0, 0.1) is 0 Å². The fourth-order valence-corrected chi connectivity index (χ4v) is 2.28. The first-order valence-electron chi connectivity index (χ1n) is 7.79. The van der Waals surface area contributed by atoms with Gasteiger partial charge in [0.2, 0.25) is 17.7 Å². The van der Waals surface area contributed by atoms with Crippen molar-refractivity contribution < 1.29 is 39.3 Å². The van der Waals surface area contributed by atoms with Gasteiger partial charge in [0.25, 0.3) is 0 Å². The maximum atomic E-state index is 12.2. The minimum atomic E-state index is -1.53. The van der Waals surface area contributed by atoms with E-state index < -0.39 is 67.4 Å². The Hall–Kier alpha value is -2.38. The predicted octanol–water partition coefficient (Wildman–Crippen LogP) is -3.30. The molecule has 0 heterocycles. The van der Waals surface area contributed by atoms with Crippen molar-refractivity contribution >= 4 is 41.4 Å². The Morgan fingerprint density at radius 1 is 0.963 bits per heavy atom. The normalized spacial score (nSPS) is 13.7. The molecule has 8 N–H and O–H groups in total. The Balaban J connectivity index is 4.97. The number of hydrogen-bond acceptors (Lipinski definition) is 8. The molecule has 3 amide bonds. The van der Waals surface area contributed by atoms with Crippen LogP contribution in [0.25, 0.3) is 0 Å². The third-order valence-corrected chi connectivity index (χ3v) is 3.85. The molecule has 0 aliphatic rings. The summed E-state index contributed by atoms with van der Waals surface area (Å²) in [6.07, 6.45) is 1.35. The summed E-state index contributed by atoms with van der Waals surface area (Å²) >= 11 is 1.46. The molecule has 0 aliphatic heterocycles. The topological polar surface area (TPSA) is 208 Å². The molecule has 0 rings (SSSR count). The van der Waals surface area contributed by atoms with Crippen molar-refractivity contribution in [2.24, 2.45) is 5.73 Å². The molecular formula is C14H24N4O8S. The molecule has 0 saturated heterocycles. The zero-order valence-corrected chi connectivity index (χ0v) is 15.5. The van der Waals surface area contributed by atoms with Crippen LogP contribution >= 0.6 is 11.8 Å². The van der Waals surface area contributed by atoms with Crippen molar-refractivity contribution in [3.05, 3.63) is 0 Å². The van der Waals surface area contributed by atoms with Gasteiger partial charge in [-0.1, -0.05) is 0 Å². The van der Waals surface area contributed by atoms with Gasteiger partial charge in [-0.3, -0.25) is 24.0 Å². The molecule has 0 saturated carbocycles. The highest BCUT2D eigenvalue weighted by atomic mass is 32.2. The highest BCUT2D eigenvalue weighted by molar-refractivity contribution is 7.98. The van der Waals surface area contributed by atoms with Crippen molar-refractivity contribution in [3.8, 4) is 0 Å². The molecule has 3 atom stereocenters. The molecule has 0 bridgehead atoms.